The zero-order chi connectivity index (χ0) is 21.0. The van der Waals surface area contributed by atoms with Gasteiger partial charge in [-0.1, -0.05) is 31.4 Å². The van der Waals surface area contributed by atoms with Crippen LogP contribution in [0.1, 0.15) is 57.4 Å². The molecule has 168 valence electrons. The van der Waals surface area contributed by atoms with E-state index in [2.05, 4.69) is 47.7 Å². The molecule has 30 heavy (non-hydrogen) atoms. The Labute approximate surface area is 182 Å². The molecule has 0 bridgehead atoms. The van der Waals surface area contributed by atoms with Crippen LogP contribution in [-0.4, -0.2) is 62.9 Å². The van der Waals surface area contributed by atoms with Gasteiger partial charge in [0.05, 0.1) is 6.54 Å². The molecule has 0 unspecified atom stereocenters. The first-order chi connectivity index (χ1) is 14.7. The lowest BCUT2D eigenvalue weighted by Crippen LogP contribution is -2.44. The van der Waals surface area contributed by atoms with Crippen LogP contribution in [-0.2, 0) is 11.3 Å². The molecule has 1 aromatic carbocycles. The molecule has 0 amide bonds. The Balaban J connectivity index is 1.46. The summed E-state index contributed by atoms with van der Waals surface area (Å²) in [5, 5.41) is 7.00. The minimum atomic E-state index is 0.555. The van der Waals surface area contributed by atoms with Crippen molar-refractivity contribution in [2.24, 2.45) is 4.99 Å². The summed E-state index contributed by atoms with van der Waals surface area (Å²) in [5.41, 5.74) is 1.17. The van der Waals surface area contributed by atoms with Crippen molar-refractivity contribution < 1.29 is 9.47 Å². The fourth-order valence-corrected chi connectivity index (χ4v) is 4.28. The summed E-state index contributed by atoms with van der Waals surface area (Å²) >= 11 is 0. The minimum absolute atomic E-state index is 0.555. The van der Waals surface area contributed by atoms with Gasteiger partial charge in [-0.15, -0.1) is 0 Å². The maximum absolute atomic E-state index is 6.03. The largest absolute Gasteiger partial charge is 0.492 e. The lowest BCUT2D eigenvalue weighted by Gasteiger charge is -2.31. The van der Waals surface area contributed by atoms with Crippen LogP contribution in [0.5, 0.6) is 5.75 Å². The molecule has 1 saturated heterocycles. The first kappa shape index (κ1) is 22.9. The molecule has 2 N–H and O–H groups in total. The molecule has 1 saturated carbocycles. The van der Waals surface area contributed by atoms with Crippen molar-refractivity contribution >= 4 is 5.96 Å². The molecule has 0 radical (unpaired) electrons. The zero-order valence-corrected chi connectivity index (χ0v) is 18.9. The number of hydrogen-bond donors (Lipinski definition) is 2. The normalized spacial score (nSPS) is 19.1. The van der Waals surface area contributed by atoms with E-state index in [0.717, 1.165) is 50.9 Å². The Morgan fingerprint density at radius 2 is 1.97 bits per heavy atom. The van der Waals surface area contributed by atoms with Crippen molar-refractivity contribution in [2.75, 3.05) is 40.0 Å². The molecule has 2 fully saturated rings. The number of rotatable bonds is 9. The van der Waals surface area contributed by atoms with Crippen LogP contribution in [0.4, 0.5) is 0 Å². The quantitative estimate of drug-likeness (QED) is 0.476. The van der Waals surface area contributed by atoms with E-state index in [1.54, 1.807) is 0 Å². The lowest BCUT2D eigenvalue weighted by atomic mass is 9.96. The summed E-state index contributed by atoms with van der Waals surface area (Å²) < 4.78 is 11.5. The van der Waals surface area contributed by atoms with Gasteiger partial charge in [-0.05, 0) is 57.4 Å². The third-order valence-electron chi connectivity index (χ3n) is 6.14. The van der Waals surface area contributed by atoms with Crippen molar-refractivity contribution in [3.8, 4) is 5.75 Å². The van der Waals surface area contributed by atoms with E-state index in [4.69, 9.17) is 14.5 Å². The van der Waals surface area contributed by atoms with E-state index in [0.29, 0.717) is 25.2 Å². The Morgan fingerprint density at radius 3 is 2.73 bits per heavy atom. The van der Waals surface area contributed by atoms with Crippen molar-refractivity contribution in [3.05, 3.63) is 29.8 Å². The van der Waals surface area contributed by atoms with E-state index >= 15 is 0 Å². The number of likely N-dealkylation sites (N-methyl/N-ethyl adjacent to an activating group) is 1. The Morgan fingerprint density at radius 1 is 1.17 bits per heavy atom. The summed E-state index contributed by atoms with van der Waals surface area (Å²) in [7, 11) is 2.19. The monoisotopic (exact) mass is 416 g/mol. The van der Waals surface area contributed by atoms with Crippen molar-refractivity contribution in [1.29, 1.82) is 0 Å². The lowest BCUT2D eigenvalue weighted by molar-refractivity contribution is 0.0392. The number of aliphatic imine (C=N–C) groups is 1. The molecule has 2 aliphatic rings. The molecule has 1 aliphatic heterocycles. The predicted molar refractivity (Wildman–Crippen MR) is 123 cm³/mol. The highest BCUT2D eigenvalue weighted by Crippen LogP contribution is 2.18. The summed E-state index contributed by atoms with van der Waals surface area (Å²) in [5.74, 6) is 1.85. The van der Waals surface area contributed by atoms with Crippen LogP contribution < -0.4 is 15.4 Å². The minimum Gasteiger partial charge on any atom is -0.492 e. The summed E-state index contributed by atoms with van der Waals surface area (Å²) in [6, 6.07) is 9.50. The van der Waals surface area contributed by atoms with Crippen LogP contribution in [0.25, 0.3) is 0 Å². The van der Waals surface area contributed by atoms with Crippen LogP contribution in [0, 0.1) is 0 Å². The molecule has 6 nitrogen and oxygen atoms in total. The average Bonchev–Trinajstić information content (AvgIpc) is 2.79. The molecule has 1 heterocycles. The molecular formula is C24H40N4O2. The van der Waals surface area contributed by atoms with E-state index in [-0.39, 0.29) is 0 Å². The molecule has 0 spiro atoms. The van der Waals surface area contributed by atoms with Gasteiger partial charge in [-0.25, -0.2) is 4.99 Å². The van der Waals surface area contributed by atoms with Crippen LogP contribution >= 0.6 is 0 Å². The smallest absolute Gasteiger partial charge is 0.191 e. The van der Waals surface area contributed by atoms with E-state index in [1.165, 1.54) is 37.7 Å². The predicted octanol–water partition coefficient (Wildman–Crippen LogP) is 3.56. The zero-order valence-electron chi connectivity index (χ0n) is 18.9. The second-order valence-electron chi connectivity index (χ2n) is 8.49. The number of benzene rings is 1. The highest BCUT2D eigenvalue weighted by atomic mass is 16.5. The van der Waals surface area contributed by atoms with Gasteiger partial charge in [0, 0.05) is 38.4 Å². The average molecular weight is 417 g/mol. The maximum Gasteiger partial charge on any atom is 0.191 e. The molecule has 0 atom stereocenters. The number of nitrogens with one attached hydrogen (secondary N) is 2. The molecule has 0 aromatic heterocycles. The van der Waals surface area contributed by atoms with Gasteiger partial charge in [0.2, 0.25) is 0 Å². The van der Waals surface area contributed by atoms with Crippen LogP contribution in [0.2, 0.25) is 0 Å². The Hall–Kier alpha value is -1.79. The van der Waals surface area contributed by atoms with Crippen molar-refractivity contribution in [1.82, 2.24) is 15.5 Å². The topological polar surface area (TPSA) is 58.1 Å². The van der Waals surface area contributed by atoms with E-state index in [1.807, 2.05) is 6.07 Å². The number of nitrogens with zero attached hydrogens (tertiary/aromatic N) is 2. The molecular weight excluding hydrogens is 376 g/mol. The van der Waals surface area contributed by atoms with Gasteiger partial charge in [0.1, 0.15) is 12.4 Å². The van der Waals surface area contributed by atoms with Gasteiger partial charge >= 0.3 is 0 Å². The van der Waals surface area contributed by atoms with Crippen LogP contribution in [0.15, 0.2) is 29.3 Å². The molecule has 3 rings (SSSR count). The third kappa shape index (κ3) is 7.80. The van der Waals surface area contributed by atoms with Crippen molar-refractivity contribution in [2.45, 2.75) is 70.5 Å². The maximum atomic E-state index is 6.03. The Bertz CT molecular complexity index is 640. The molecule has 1 aliphatic carbocycles. The van der Waals surface area contributed by atoms with E-state index in [9.17, 15) is 0 Å². The summed E-state index contributed by atoms with van der Waals surface area (Å²) in [6.07, 6.45) is 8.73. The van der Waals surface area contributed by atoms with Gasteiger partial charge in [-0.3, -0.25) is 4.90 Å². The highest BCUT2D eigenvalue weighted by Gasteiger charge is 2.18. The second kappa shape index (κ2) is 12.8. The first-order valence-electron chi connectivity index (χ1n) is 11.8. The summed E-state index contributed by atoms with van der Waals surface area (Å²) in [6.45, 7) is 7.04. The summed E-state index contributed by atoms with van der Waals surface area (Å²) in [4.78, 5) is 7.21. The van der Waals surface area contributed by atoms with Gasteiger partial charge in [0.25, 0.3) is 0 Å². The third-order valence-corrected chi connectivity index (χ3v) is 6.14. The SMILES string of the molecule is CCNC(=NCc1cccc(OCCN(C)C2CCOCC2)c1)NC1CCCCC1. The number of guanidine groups is 1. The molecule has 6 heteroatoms. The van der Waals surface area contributed by atoms with Crippen LogP contribution in [0.3, 0.4) is 0 Å². The number of hydrogen-bond acceptors (Lipinski definition) is 4. The van der Waals surface area contributed by atoms with Gasteiger partial charge in [0.15, 0.2) is 5.96 Å². The number of ether oxygens (including phenoxy) is 2. The van der Waals surface area contributed by atoms with Gasteiger partial charge < -0.3 is 20.1 Å². The fourth-order valence-electron chi connectivity index (χ4n) is 4.28. The second-order valence-corrected chi connectivity index (χ2v) is 8.49. The molecule has 1 aromatic rings. The standard InChI is InChI=1S/C24H40N4O2/c1-3-25-24(27-21-9-5-4-6-10-21)26-19-20-8-7-11-23(18-20)30-17-14-28(2)22-12-15-29-16-13-22/h7-8,11,18,21-22H,3-6,9-10,12-17,19H2,1-2H3,(H2,25,26,27). The van der Waals surface area contributed by atoms with E-state index < -0.39 is 0 Å². The first-order valence-corrected chi connectivity index (χ1v) is 11.8. The highest BCUT2D eigenvalue weighted by molar-refractivity contribution is 5.80. The Kier molecular flexibility index (Phi) is 9.77. The fraction of sp³-hybridized carbons (Fsp3) is 0.708. The van der Waals surface area contributed by atoms with Gasteiger partial charge in [-0.2, -0.15) is 0 Å². The van der Waals surface area contributed by atoms with Crippen molar-refractivity contribution in [3.63, 3.8) is 0 Å².